The van der Waals surface area contributed by atoms with Crippen molar-refractivity contribution in [1.29, 1.82) is 0 Å². The molecule has 3 N–H and O–H groups in total. The van der Waals surface area contributed by atoms with E-state index in [4.69, 9.17) is 9.47 Å². The number of rotatable bonds is 7. The fourth-order valence-electron chi connectivity index (χ4n) is 4.96. The molecule has 0 saturated carbocycles. The number of benzene rings is 2. The van der Waals surface area contributed by atoms with Crippen LogP contribution in [0.25, 0.3) is 11.3 Å². The number of nitrogens with zero attached hydrogens (tertiary/aromatic N) is 2. The summed E-state index contributed by atoms with van der Waals surface area (Å²) in [6.07, 6.45) is -2.82. The highest BCUT2D eigenvalue weighted by Gasteiger charge is 2.44. The summed E-state index contributed by atoms with van der Waals surface area (Å²) in [5.74, 6) is -1.13. The number of anilines is 2. The summed E-state index contributed by atoms with van der Waals surface area (Å²) in [4.78, 5) is 32.0. The summed E-state index contributed by atoms with van der Waals surface area (Å²) < 4.78 is 38.0. The second-order valence-corrected chi connectivity index (χ2v) is 10.9. The van der Waals surface area contributed by atoms with Crippen molar-refractivity contribution in [3.05, 3.63) is 64.5 Å². The number of morpholine rings is 1. The van der Waals surface area contributed by atoms with E-state index in [2.05, 4.69) is 46.5 Å². The molecule has 9 nitrogen and oxygen atoms in total. The monoisotopic (exact) mass is 572 g/mol. The van der Waals surface area contributed by atoms with Crippen LogP contribution in [0.2, 0.25) is 0 Å². The molecule has 1 fully saturated rings. The van der Waals surface area contributed by atoms with Crippen LogP contribution in [0.3, 0.4) is 0 Å². The van der Waals surface area contributed by atoms with E-state index in [1.54, 1.807) is 0 Å². The second-order valence-electron chi connectivity index (χ2n) is 10.1. The minimum Gasteiger partial charge on any atom is -0.377 e. The number of hydrogen-bond donors (Lipinski definition) is 3. The van der Waals surface area contributed by atoms with Crippen LogP contribution in [-0.4, -0.2) is 66.8 Å². The van der Waals surface area contributed by atoms with Crippen molar-refractivity contribution in [2.75, 3.05) is 36.5 Å². The van der Waals surface area contributed by atoms with E-state index in [-0.39, 0.29) is 36.5 Å². The largest absolute Gasteiger partial charge is 0.377 e. The number of hydrogen-bond acceptors (Lipinski definition) is 8. The van der Waals surface area contributed by atoms with Crippen molar-refractivity contribution in [1.82, 2.24) is 10.3 Å². The number of halogens is 2. The molecule has 1 saturated heterocycles. The van der Waals surface area contributed by atoms with Gasteiger partial charge in [-0.15, -0.1) is 11.3 Å². The molecule has 3 atom stereocenters. The number of carbonyl (C=O) groups is 2. The number of aliphatic hydroxyl groups is 1. The third-order valence-electron chi connectivity index (χ3n) is 6.87. The standard InChI is InChI=1S/C28H30F2N4O5S/c1-16-11-34(12-17(2)39-16)21-5-3-4-18(8-21)23-14-40-27(32-23)33-24(35)10-31-25(36)19-6-7-20-13-38-15-28(37,26(29)30)22(20)9-19/h3-9,14,16-17,26,37H,10-13,15H2,1-2H3,(H,31,36)(H,32,33,35)/t16-,17+,28?. The number of fused-ring (bicyclic) bond motifs is 1. The highest BCUT2D eigenvalue weighted by Crippen LogP contribution is 2.36. The average molecular weight is 573 g/mol. The molecule has 0 radical (unpaired) electrons. The van der Waals surface area contributed by atoms with Crippen LogP contribution in [0, 0.1) is 0 Å². The molecule has 1 aromatic heterocycles. The molecular formula is C28H30F2N4O5S. The summed E-state index contributed by atoms with van der Waals surface area (Å²) >= 11 is 1.26. The predicted molar refractivity (Wildman–Crippen MR) is 147 cm³/mol. The fourth-order valence-corrected chi connectivity index (χ4v) is 5.70. The van der Waals surface area contributed by atoms with E-state index in [1.807, 2.05) is 17.5 Å². The van der Waals surface area contributed by atoms with Crippen molar-refractivity contribution in [2.45, 2.75) is 44.7 Å². The van der Waals surface area contributed by atoms with Gasteiger partial charge in [0.2, 0.25) is 5.91 Å². The molecule has 12 heteroatoms. The molecule has 0 bridgehead atoms. The lowest BCUT2D eigenvalue weighted by Gasteiger charge is -2.37. The molecule has 0 aliphatic carbocycles. The van der Waals surface area contributed by atoms with Crippen LogP contribution in [-0.2, 0) is 26.5 Å². The molecule has 2 aliphatic rings. The Bertz CT molecular complexity index is 1390. The SMILES string of the molecule is C[C@@H]1CN(c2cccc(-c3csc(NC(=O)CNC(=O)c4ccc5c(c4)C(O)(C(F)F)COC5)n3)c2)C[C@H](C)O1. The molecule has 3 heterocycles. The Kier molecular flexibility index (Phi) is 8.13. The van der Waals surface area contributed by atoms with Gasteiger partial charge in [-0.1, -0.05) is 18.2 Å². The van der Waals surface area contributed by atoms with Gasteiger partial charge in [0.15, 0.2) is 10.7 Å². The van der Waals surface area contributed by atoms with Gasteiger partial charge in [-0.05, 0) is 49.2 Å². The maximum atomic E-state index is 13.5. The molecule has 212 valence electrons. The van der Waals surface area contributed by atoms with Gasteiger partial charge < -0.3 is 30.1 Å². The lowest BCUT2D eigenvalue weighted by molar-refractivity contribution is -0.156. The number of ether oxygens (including phenoxy) is 2. The van der Waals surface area contributed by atoms with Gasteiger partial charge in [0, 0.05) is 35.3 Å². The van der Waals surface area contributed by atoms with Gasteiger partial charge in [0.05, 0.1) is 37.7 Å². The number of nitrogens with one attached hydrogen (secondary N) is 2. The topological polar surface area (TPSA) is 113 Å². The Balaban J connectivity index is 1.19. The Labute approximate surface area is 234 Å². The number of carbonyl (C=O) groups excluding carboxylic acids is 2. The first kappa shape index (κ1) is 28.1. The molecule has 2 aliphatic heterocycles. The van der Waals surface area contributed by atoms with Crippen molar-refractivity contribution in [2.24, 2.45) is 0 Å². The number of aromatic nitrogens is 1. The van der Waals surface area contributed by atoms with Crippen molar-refractivity contribution >= 4 is 34.0 Å². The maximum Gasteiger partial charge on any atom is 0.273 e. The number of alkyl halides is 2. The summed E-state index contributed by atoms with van der Waals surface area (Å²) in [6.45, 7) is 4.84. The highest BCUT2D eigenvalue weighted by molar-refractivity contribution is 7.14. The fraction of sp³-hybridized carbons (Fsp3) is 0.393. The van der Waals surface area contributed by atoms with Crippen LogP contribution < -0.4 is 15.5 Å². The van der Waals surface area contributed by atoms with Gasteiger partial charge in [-0.2, -0.15) is 0 Å². The Morgan fingerprint density at radius 3 is 2.73 bits per heavy atom. The van der Waals surface area contributed by atoms with Crippen LogP contribution in [0.4, 0.5) is 19.6 Å². The molecule has 1 unspecified atom stereocenters. The molecule has 5 rings (SSSR count). The van der Waals surface area contributed by atoms with Crippen molar-refractivity contribution < 1.29 is 33.0 Å². The van der Waals surface area contributed by atoms with Gasteiger partial charge in [-0.25, -0.2) is 13.8 Å². The molecular weight excluding hydrogens is 542 g/mol. The van der Waals surface area contributed by atoms with Crippen molar-refractivity contribution in [3.8, 4) is 11.3 Å². The normalized spacial score (nSPS) is 22.6. The molecule has 2 aromatic carbocycles. The lowest BCUT2D eigenvalue weighted by Crippen LogP contribution is -2.45. The number of amides is 2. The Morgan fingerprint density at radius 2 is 1.98 bits per heavy atom. The zero-order chi connectivity index (χ0) is 28.4. The maximum absolute atomic E-state index is 13.5. The molecule has 0 spiro atoms. The van der Waals surface area contributed by atoms with Crippen molar-refractivity contribution in [3.63, 3.8) is 0 Å². The third kappa shape index (κ3) is 5.99. The first-order valence-electron chi connectivity index (χ1n) is 12.9. The second kappa shape index (κ2) is 11.6. The highest BCUT2D eigenvalue weighted by atomic mass is 32.1. The van der Waals surface area contributed by atoms with Gasteiger partial charge in [-0.3, -0.25) is 9.59 Å². The van der Waals surface area contributed by atoms with E-state index in [9.17, 15) is 23.5 Å². The van der Waals surface area contributed by atoms with Crippen LogP contribution in [0.15, 0.2) is 47.8 Å². The third-order valence-corrected chi connectivity index (χ3v) is 7.62. The van der Waals surface area contributed by atoms with Crippen LogP contribution in [0.1, 0.15) is 35.3 Å². The minimum atomic E-state index is -3.09. The van der Waals surface area contributed by atoms with E-state index >= 15 is 0 Å². The molecule has 3 aromatic rings. The van der Waals surface area contributed by atoms with E-state index in [0.717, 1.165) is 24.3 Å². The summed E-state index contributed by atoms with van der Waals surface area (Å²) in [7, 11) is 0. The zero-order valence-corrected chi connectivity index (χ0v) is 22.8. The zero-order valence-electron chi connectivity index (χ0n) is 22.0. The smallest absolute Gasteiger partial charge is 0.273 e. The van der Waals surface area contributed by atoms with Gasteiger partial charge in [0.1, 0.15) is 0 Å². The molecule has 40 heavy (non-hydrogen) atoms. The van der Waals surface area contributed by atoms with Crippen LogP contribution in [0.5, 0.6) is 0 Å². The van der Waals surface area contributed by atoms with Gasteiger partial charge in [0.25, 0.3) is 12.3 Å². The van der Waals surface area contributed by atoms with E-state index in [0.29, 0.717) is 16.4 Å². The lowest BCUT2D eigenvalue weighted by atomic mass is 9.87. The summed E-state index contributed by atoms with van der Waals surface area (Å²) in [6, 6.07) is 12.2. The molecule has 2 amide bonds. The first-order valence-corrected chi connectivity index (χ1v) is 13.8. The Morgan fingerprint density at radius 1 is 1.20 bits per heavy atom. The first-order chi connectivity index (χ1) is 19.1. The van der Waals surface area contributed by atoms with Crippen LogP contribution >= 0.6 is 11.3 Å². The summed E-state index contributed by atoms with van der Waals surface area (Å²) in [5.41, 5.74) is 0.574. The minimum absolute atomic E-state index is 0.0491. The quantitative estimate of drug-likeness (QED) is 0.395. The van der Waals surface area contributed by atoms with E-state index in [1.165, 1.54) is 29.5 Å². The Hall–Kier alpha value is -3.45. The van der Waals surface area contributed by atoms with E-state index < -0.39 is 30.4 Å². The average Bonchev–Trinajstić information content (AvgIpc) is 3.39. The van der Waals surface area contributed by atoms with Gasteiger partial charge >= 0.3 is 0 Å². The predicted octanol–water partition coefficient (Wildman–Crippen LogP) is 3.78. The summed E-state index contributed by atoms with van der Waals surface area (Å²) in [5, 5.41) is 17.8. The number of thiazole rings is 1.